The molecule has 3 nitrogen and oxygen atoms in total. The summed E-state index contributed by atoms with van der Waals surface area (Å²) >= 11 is 6.15. The highest BCUT2D eigenvalue weighted by Gasteiger charge is 2.19. The molecule has 2 aromatic rings. The molecule has 0 fully saturated rings. The van der Waals surface area contributed by atoms with E-state index >= 15 is 0 Å². The summed E-state index contributed by atoms with van der Waals surface area (Å²) < 4.78 is 1.88. The predicted octanol–water partition coefficient (Wildman–Crippen LogP) is 2.95. The summed E-state index contributed by atoms with van der Waals surface area (Å²) in [5.74, 6) is 0.982. The zero-order valence-electron chi connectivity index (χ0n) is 10.0. The highest BCUT2D eigenvalue weighted by Crippen LogP contribution is 2.24. The van der Waals surface area contributed by atoms with Gasteiger partial charge in [0, 0.05) is 24.1 Å². The van der Waals surface area contributed by atoms with Gasteiger partial charge in [0.2, 0.25) is 0 Å². The van der Waals surface area contributed by atoms with Gasteiger partial charge in [-0.2, -0.15) is 0 Å². The fraction of sp³-hybridized carbons (Fsp3) is 0.357. The number of imidazole rings is 1. The lowest BCUT2D eigenvalue weighted by molar-refractivity contribution is 0.0780. The van der Waals surface area contributed by atoms with E-state index in [-0.39, 0.29) is 0 Å². The van der Waals surface area contributed by atoms with E-state index in [9.17, 15) is 5.11 Å². The minimum Gasteiger partial charge on any atom is -0.373 e. The maximum Gasteiger partial charge on any atom is 0.131 e. The monoisotopic (exact) mass is 262 g/mol. The van der Waals surface area contributed by atoms with Crippen molar-refractivity contribution in [1.82, 2.24) is 9.55 Å². The molecule has 94 valence electrons. The van der Waals surface area contributed by atoms with Gasteiger partial charge in [-0.3, -0.25) is 0 Å². The van der Waals surface area contributed by atoms with E-state index in [1.54, 1.807) is 0 Å². The molecule has 1 unspecified atom stereocenters. The van der Waals surface area contributed by atoms with Gasteiger partial charge in [-0.05, 0) is 24.5 Å². The largest absolute Gasteiger partial charge is 0.373 e. The molecular formula is C14H15ClN2O. The number of benzene rings is 1. The van der Waals surface area contributed by atoms with Crippen LogP contribution in [0.5, 0.6) is 0 Å². The van der Waals surface area contributed by atoms with Crippen LogP contribution in [0.1, 0.15) is 36.2 Å². The van der Waals surface area contributed by atoms with Crippen molar-refractivity contribution in [3.8, 4) is 0 Å². The molecule has 0 amide bonds. The van der Waals surface area contributed by atoms with Crippen molar-refractivity contribution < 1.29 is 5.11 Å². The molecule has 4 heteroatoms. The summed E-state index contributed by atoms with van der Waals surface area (Å²) in [6.07, 6.45) is 5.01. The first-order chi connectivity index (χ1) is 8.74. The number of aliphatic hydroxyl groups is 1. The summed E-state index contributed by atoms with van der Waals surface area (Å²) in [6.45, 7) is 0. The standard InChI is InChI=1S/C14H15ClN2O/c15-12-5-2-1-4-10(12)8-11-9-17-13(16-11)6-3-7-14(17)18/h1-2,4-5,9,14,18H,3,6-8H2. The molecule has 1 atom stereocenters. The minimum atomic E-state index is -0.416. The van der Waals surface area contributed by atoms with Crippen molar-refractivity contribution in [2.45, 2.75) is 31.9 Å². The van der Waals surface area contributed by atoms with Crippen LogP contribution in [0.15, 0.2) is 30.5 Å². The fourth-order valence-electron chi connectivity index (χ4n) is 2.43. The van der Waals surface area contributed by atoms with E-state index in [1.807, 2.05) is 35.0 Å². The first-order valence-corrected chi connectivity index (χ1v) is 6.60. The summed E-state index contributed by atoms with van der Waals surface area (Å²) in [7, 11) is 0. The number of hydrogen-bond acceptors (Lipinski definition) is 2. The lowest BCUT2D eigenvalue weighted by Gasteiger charge is -2.19. The van der Waals surface area contributed by atoms with Gasteiger partial charge in [0.25, 0.3) is 0 Å². The highest BCUT2D eigenvalue weighted by molar-refractivity contribution is 6.31. The summed E-state index contributed by atoms with van der Waals surface area (Å²) in [4.78, 5) is 4.58. The van der Waals surface area contributed by atoms with Crippen molar-refractivity contribution >= 4 is 11.6 Å². The van der Waals surface area contributed by atoms with E-state index in [0.717, 1.165) is 41.4 Å². The van der Waals surface area contributed by atoms with Gasteiger partial charge < -0.3 is 9.67 Å². The lowest BCUT2D eigenvalue weighted by atomic mass is 10.1. The second-order valence-corrected chi connectivity index (χ2v) is 5.10. The van der Waals surface area contributed by atoms with Crippen molar-refractivity contribution in [3.63, 3.8) is 0 Å². The van der Waals surface area contributed by atoms with Crippen molar-refractivity contribution in [2.24, 2.45) is 0 Å². The quantitative estimate of drug-likeness (QED) is 0.904. The average Bonchev–Trinajstić information content (AvgIpc) is 2.76. The van der Waals surface area contributed by atoms with Crippen molar-refractivity contribution in [3.05, 3.63) is 52.6 Å². The van der Waals surface area contributed by atoms with Gasteiger partial charge in [0.05, 0.1) is 5.69 Å². The molecule has 0 saturated carbocycles. The summed E-state index contributed by atoms with van der Waals surface area (Å²) in [5, 5.41) is 10.7. The second-order valence-electron chi connectivity index (χ2n) is 4.70. The molecule has 0 radical (unpaired) electrons. The first-order valence-electron chi connectivity index (χ1n) is 6.22. The zero-order chi connectivity index (χ0) is 12.5. The summed E-state index contributed by atoms with van der Waals surface area (Å²) in [6, 6.07) is 7.80. The molecule has 0 saturated heterocycles. The van der Waals surface area contributed by atoms with Gasteiger partial charge in [-0.25, -0.2) is 4.98 Å². The Morgan fingerprint density at radius 3 is 3.00 bits per heavy atom. The molecule has 0 aliphatic carbocycles. The van der Waals surface area contributed by atoms with E-state index < -0.39 is 6.23 Å². The SMILES string of the molecule is OC1CCCc2nc(Cc3ccccc3Cl)cn21. The Kier molecular flexibility index (Phi) is 3.10. The number of aryl methyl sites for hydroxylation is 1. The molecule has 0 bridgehead atoms. The molecule has 3 rings (SSSR count). The Morgan fingerprint density at radius 1 is 1.39 bits per heavy atom. The van der Waals surface area contributed by atoms with Crippen LogP contribution in [0, 0.1) is 0 Å². The molecule has 1 aliphatic heterocycles. The number of rotatable bonds is 2. The third kappa shape index (κ3) is 2.16. The number of nitrogens with zero attached hydrogens (tertiary/aromatic N) is 2. The number of aliphatic hydroxyl groups excluding tert-OH is 1. The Morgan fingerprint density at radius 2 is 2.22 bits per heavy atom. The Bertz CT molecular complexity index is 565. The van der Waals surface area contributed by atoms with Crippen LogP contribution in [-0.4, -0.2) is 14.7 Å². The molecule has 1 aliphatic rings. The average molecular weight is 263 g/mol. The van der Waals surface area contributed by atoms with E-state index in [4.69, 9.17) is 11.6 Å². The molecule has 1 aromatic carbocycles. The molecule has 0 spiro atoms. The van der Waals surface area contributed by atoms with Gasteiger partial charge in [-0.1, -0.05) is 29.8 Å². The number of fused-ring (bicyclic) bond motifs is 1. The molecule has 18 heavy (non-hydrogen) atoms. The highest BCUT2D eigenvalue weighted by atomic mass is 35.5. The topological polar surface area (TPSA) is 38.1 Å². The number of hydrogen-bond donors (Lipinski definition) is 1. The van der Waals surface area contributed by atoms with Gasteiger partial charge in [0.15, 0.2) is 0 Å². The number of halogens is 1. The van der Waals surface area contributed by atoms with E-state index in [1.165, 1.54) is 0 Å². The van der Waals surface area contributed by atoms with Crippen LogP contribution in [0.4, 0.5) is 0 Å². The molecular weight excluding hydrogens is 248 g/mol. The van der Waals surface area contributed by atoms with Gasteiger partial charge >= 0.3 is 0 Å². The molecule has 1 aromatic heterocycles. The van der Waals surface area contributed by atoms with Gasteiger partial charge in [-0.15, -0.1) is 0 Å². The van der Waals surface area contributed by atoms with Crippen molar-refractivity contribution in [2.75, 3.05) is 0 Å². The van der Waals surface area contributed by atoms with Crippen molar-refractivity contribution in [1.29, 1.82) is 0 Å². The van der Waals surface area contributed by atoms with Crippen LogP contribution in [0.25, 0.3) is 0 Å². The third-order valence-electron chi connectivity index (χ3n) is 3.37. The maximum absolute atomic E-state index is 9.89. The van der Waals surface area contributed by atoms with Crippen LogP contribution < -0.4 is 0 Å². The predicted molar refractivity (Wildman–Crippen MR) is 70.7 cm³/mol. The van der Waals surface area contributed by atoms with Crippen LogP contribution >= 0.6 is 11.6 Å². The Hall–Kier alpha value is -1.32. The Labute approximate surface area is 111 Å². The maximum atomic E-state index is 9.89. The van der Waals surface area contributed by atoms with Crippen LogP contribution in [-0.2, 0) is 12.8 Å². The lowest BCUT2D eigenvalue weighted by Crippen LogP contribution is -2.16. The van der Waals surface area contributed by atoms with Gasteiger partial charge in [0.1, 0.15) is 12.1 Å². The van der Waals surface area contributed by atoms with E-state index in [2.05, 4.69) is 4.98 Å². The smallest absolute Gasteiger partial charge is 0.131 e. The normalized spacial score (nSPS) is 18.7. The molecule has 1 N–H and O–H groups in total. The fourth-order valence-corrected chi connectivity index (χ4v) is 2.64. The minimum absolute atomic E-state index is 0.416. The number of aromatic nitrogens is 2. The Balaban J connectivity index is 1.88. The first kappa shape index (κ1) is 11.8. The third-order valence-corrected chi connectivity index (χ3v) is 3.74. The second kappa shape index (κ2) is 4.75. The van der Waals surface area contributed by atoms with Crippen LogP contribution in [0.3, 0.4) is 0 Å². The molecule has 2 heterocycles. The van der Waals surface area contributed by atoms with Crippen LogP contribution in [0.2, 0.25) is 5.02 Å². The summed E-state index contributed by atoms with van der Waals surface area (Å²) in [5.41, 5.74) is 2.04. The van der Waals surface area contributed by atoms with E-state index in [0.29, 0.717) is 6.42 Å². The zero-order valence-corrected chi connectivity index (χ0v) is 10.8.